The van der Waals surface area contributed by atoms with E-state index in [0.717, 1.165) is 17.1 Å². The first kappa shape index (κ1) is 16.4. The number of carbonyl (C=O) groups is 2. The molecule has 0 spiro atoms. The molecule has 0 bridgehead atoms. The third kappa shape index (κ3) is 5.70. The molecule has 23 heavy (non-hydrogen) atoms. The van der Waals surface area contributed by atoms with Crippen molar-refractivity contribution in [3.63, 3.8) is 0 Å². The quantitative estimate of drug-likeness (QED) is 0.856. The smallest absolute Gasteiger partial charge is 0.315 e. The van der Waals surface area contributed by atoms with Gasteiger partial charge in [0.05, 0.1) is 0 Å². The molecule has 119 valence electrons. The molecule has 3 amide bonds. The molecule has 0 aliphatic heterocycles. The summed E-state index contributed by atoms with van der Waals surface area (Å²) in [6, 6.07) is 16.5. The van der Waals surface area contributed by atoms with Crippen molar-refractivity contribution >= 4 is 11.9 Å². The Bertz CT molecular complexity index is 642. The van der Waals surface area contributed by atoms with E-state index in [0.29, 0.717) is 6.54 Å². The topological polar surface area (TPSA) is 81.5 Å². The molecule has 0 fully saturated rings. The van der Waals surface area contributed by atoms with E-state index in [1.165, 1.54) is 7.05 Å². The maximum Gasteiger partial charge on any atom is 0.315 e. The number of ether oxygens (including phenoxy) is 1. The molecule has 2 rings (SSSR count). The summed E-state index contributed by atoms with van der Waals surface area (Å²) < 4.78 is 5.69. The van der Waals surface area contributed by atoms with Crippen molar-refractivity contribution in [1.29, 1.82) is 0 Å². The zero-order valence-corrected chi connectivity index (χ0v) is 12.8. The van der Waals surface area contributed by atoms with Crippen molar-refractivity contribution in [2.24, 2.45) is 0 Å². The summed E-state index contributed by atoms with van der Waals surface area (Å²) in [5.74, 6) is 1.12. The van der Waals surface area contributed by atoms with Crippen LogP contribution in [0.25, 0.3) is 0 Å². The van der Waals surface area contributed by atoms with Crippen molar-refractivity contribution in [2.75, 3.05) is 13.6 Å². The second kappa shape index (κ2) is 8.43. The molecule has 0 heterocycles. The van der Waals surface area contributed by atoms with Crippen molar-refractivity contribution in [3.8, 4) is 11.5 Å². The van der Waals surface area contributed by atoms with Gasteiger partial charge in [-0.1, -0.05) is 30.3 Å². The summed E-state index contributed by atoms with van der Waals surface area (Å²) in [6.45, 7) is 0.251. The van der Waals surface area contributed by atoms with Gasteiger partial charge in [0.15, 0.2) is 0 Å². The summed E-state index contributed by atoms with van der Waals surface area (Å²) in [7, 11) is 1.39. The number of nitrogens with one attached hydrogen (secondary N) is 2. The molecule has 1 radical (unpaired) electrons. The van der Waals surface area contributed by atoms with Crippen LogP contribution in [-0.2, 0) is 11.3 Å². The van der Waals surface area contributed by atoms with E-state index in [1.54, 1.807) is 0 Å². The molecular weight excluding hydrogens is 294 g/mol. The van der Waals surface area contributed by atoms with Crippen LogP contribution in [0.1, 0.15) is 5.56 Å². The summed E-state index contributed by atoms with van der Waals surface area (Å²) in [5.41, 5.74) is 0.923. The Kier molecular flexibility index (Phi) is 5.99. The first-order valence-electron chi connectivity index (χ1n) is 7.13. The normalized spacial score (nSPS) is 9.78. The summed E-state index contributed by atoms with van der Waals surface area (Å²) in [6.07, 6.45) is 0. The number of benzene rings is 2. The second-order valence-corrected chi connectivity index (χ2v) is 4.71. The number of carbonyl (C=O) groups excluding carboxylic acids is 2. The maximum atomic E-state index is 11.5. The lowest BCUT2D eigenvalue weighted by molar-refractivity contribution is -0.119. The number of likely N-dealkylation sites (N-methyl/N-ethyl adjacent to an activating group) is 1. The molecule has 6 nitrogen and oxygen atoms in total. The number of urea groups is 1. The fraction of sp³-hybridized carbons (Fsp3) is 0.176. The molecule has 2 aromatic rings. The van der Waals surface area contributed by atoms with Gasteiger partial charge in [-0.2, -0.15) is 0 Å². The van der Waals surface area contributed by atoms with Gasteiger partial charge in [0.25, 0.3) is 5.91 Å². The molecule has 0 aliphatic rings. The molecule has 0 saturated carbocycles. The van der Waals surface area contributed by atoms with Gasteiger partial charge in [0.2, 0.25) is 0 Å². The number of hydrogen-bond acceptors (Lipinski definition) is 3. The predicted octanol–water partition coefficient (Wildman–Crippen LogP) is 2.04. The molecule has 6 heteroatoms. The van der Waals surface area contributed by atoms with E-state index in [4.69, 9.17) is 4.74 Å². The molecule has 0 atom stereocenters. The van der Waals surface area contributed by atoms with E-state index >= 15 is 0 Å². The zero-order chi connectivity index (χ0) is 16.5. The lowest BCUT2D eigenvalue weighted by Crippen LogP contribution is -2.39. The van der Waals surface area contributed by atoms with Crippen LogP contribution in [-0.4, -0.2) is 25.5 Å². The lowest BCUT2D eigenvalue weighted by atomic mass is 10.2. The minimum atomic E-state index is -0.411. The standard InChI is InChI=1S/C17H18N3O3/c1-18-16(21)12-20-17(22)19-11-13-7-9-15(10-8-13)23-14-5-3-2-4-6-14/h2-10H,11-12H2,1H3,(H2,19,20,22). The largest absolute Gasteiger partial charge is 0.457 e. The van der Waals surface area contributed by atoms with Crippen molar-refractivity contribution in [1.82, 2.24) is 16.0 Å². The molecule has 0 aromatic heterocycles. The third-order valence-electron chi connectivity index (χ3n) is 3.00. The highest BCUT2D eigenvalue weighted by molar-refractivity contribution is 5.83. The average molecular weight is 312 g/mol. The van der Waals surface area contributed by atoms with Crippen LogP contribution in [0.3, 0.4) is 0 Å². The number of nitrogens with zero attached hydrogens (tertiary/aromatic N) is 1. The minimum absolute atomic E-state index is 0.105. The van der Waals surface area contributed by atoms with E-state index < -0.39 is 6.03 Å². The highest BCUT2D eigenvalue weighted by Gasteiger charge is 2.04. The Labute approximate surface area is 134 Å². The van der Waals surface area contributed by atoms with Crippen LogP contribution in [0, 0.1) is 0 Å². The van der Waals surface area contributed by atoms with Gasteiger partial charge in [0, 0.05) is 13.6 Å². The maximum absolute atomic E-state index is 11.5. The highest BCUT2D eigenvalue weighted by atomic mass is 16.5. The minimum Gasteiger partial charge on any atom is -0.457 e. The SMILES string of the molecule is C[N]C(=O)CNC(=O)NCc1ccc(Oc2ccccc2)cc1. The Hall–Kier alpha value is -3.02. The number of rotatable bonds is 6. The van der Waals surface area contributed by atoms with E-state index in [-0.39, 0.29) is 12.5 Å². The van der Waals surface area contributed by atoms with Gasteiger partial charge >= 0.3 is 6.03 Å². The summed E-state index contributed by atoms with van der Waals surface area (Å²) in [4.78, 5) is 22.5. The fourth-order valence-electron chi connectivity index (χ4n) is 1.78. The van der Waals surface area contributed by atoms with Gasteiger partial charge in [0.1, 0.15) is 18.0 Å². The summed E-state index contributed by atoms with van der Waals surface area (Å²) in [5, 5.41) is 8.52. The Morgan fingerprint density at radius 1 is 0.957 bits per heavy atom. The fourth-order valence-corrected chi connectivity index (χ4v) is 1.78. The van der Waals surface area contributed by atoms with Crippen molar-refractivity contribution < 1.29 is 14.3 Å². The van der Waals surface area contributed by atoms with Crippen LogP contribution < -0.4 is 20.7 Å². The second-order valence-electron chi connectivity index (χ2n) is 4.71. The van der Waals surface area contributed by atoms with Gasteiger partial charge in [-0.3, -0.25) is 10.1 Å². The molecule has 0 aliphatic carbocycles. The van der Waals surface area contributed by atoms with Gasteiger partial charge in [-0.15, -0.1) is 0 Å². The van der Waals surface area contributed by atoms with E-state index in [2.05, 4.69) is 16.0 Å². The monoisotopic (exact) mass is 312 g/mol. The number of hydrogen-bond donors (Lipinski definition) is 2. The predicted molar refractivity (Wildman–Crippen MR) is 86.3 cm³/mol. The van der Waals surface area contributed by atoms with Gasteiger partial charge in [-0.25, -0.2) is 4.79 Å². The van der Waals surface area contributed by atoms with E-state index in [1.807, 2.05) is 54.6 Å². The van der Waals surface area contributed by atoms with Gasteiger partial charge < -0.3 is 15.4 Å². The molecule has 2 aromatic carbocycles. The van der Waals surface area contributed by atoms with Crippen LogP contribution in [0.2, 0.25) is 0 Å². The van der Waals surface area contributed by atoms with Crippen LogP contribution in [0.5, 0.6) is 11.5 Å². The van der Waals surface area contributed by atoms with Crippen LogP contribution in [0.4, 0.5) is 4.79 Å². The Morgan fingerprint density at radius 2 is 1.61 bits per heavy atom. The molecule has 2 N–H and O–H groups in total. The Morgan fingerprint density at radius 3 is 2.26 bits per heavy atom. The van der Waals surface area contributed by atoms with Gasteiger partial charge in [-0.05, 0) is 29.8 Å². The molecule has 0 unspecified atom stereocenters. The summed E-state index contributed by atoms with van der Waals surface area (Å²) >= 11 is 0. The van der Waals surface area contributed by atoms with E-state index in [9.17, 15) is 9.59 Å². The Balaban J connectivity index is 1.78. The molecular formula is C17H18N3O3. The number of para-hydroxylation sites is 1. The van der Waals surface area contributed by atoms with Crippen molar-refractivity contribution in [3.05, 3.63) is 60.2 Å². The molecule has 0 saturated heterocycles. The highest BCUT2D eigenvalue weighted by Crippen LogP contribution is 2.20. The van der Waals surface area contributed by atoms with Crippen LogP contribution >= 0.6 is 0 Å². The average Bonchev–Trinajstić information content (AvgIpc) is 2.60. The lowest BCUT2D eigenvalue weighted by Gasteiger charge is -2.08. The van der Waals surface area contributed by atoms with Crippen LogP contribution in [0.15, 0.2) is 54.6 Å². The van der Waals surface area contributed by atoms with Crippen molar-refractivity contribution in [2.45, 2.75) is 6.54 Å². The number of amides is 3. The third-order valence-corrected chi connectivity index (χ3v) is 3.00. The first-order chi connectivity index (χ1) is 11.2. The zero-order valence-electron chi connectivity index (χ0n) is 12.8. The first-order valence-corrected chi connectivity index (χ1v) is 7.13.